The van der Waals surface area contributed by atoms with E-state index in [1.807, 2.05) is 38.1 Å². The van der Waals surface area contributed by atoms with Gasteiger partial charge in [-0.15, -0.1) is 0 Å². The third-order valence-corrected chi connectivity index (χ3v) is 2.79. The normalized spacial score (nSPS) is 10.2. The molecule has 0 bridgehead atoms. The Labute approximate surface area is 100 Å². The van der Waals surface area contributed by atoms with E-state index in [9.17, 15) is 4.79 Å². The van der Waals surface area contributed by atoms with Crippen LogP contribution < -0.4 is 5.73 Å². The number of carbonyl (C=O) groups is 1. The molecule has 0 saturated heterocycles. The van der Waals surface area contributed by atoms with Gasteiger partial charge in [-0.1, -0.05) is 18.2 Å². The molecular formula is C14H14N2O. The summed E-state index contributed by atoms with van der Waals surface area (Å²) in [7, 11) is 0. The van der Waals surface area contributed by atoms with E-state index in [1.165, 1.54) is 0 Å². The van der Waals surface area contributed by atoms with Gasteiger partial charge in [-0.05, 0) is 37.6 Å². The van der Waals surface area contributed by atoms with Crippen molar-refractivity contribution in [2.75, 3.05) is 0 Å². The Morgan fingerprint density at radius 2 is 1.94 bits per heavy atom. The summed E-state index contributed by atoms with van der Waals surface area (Å²) in [5, 5.41) is 0. The van der Waals surface area contributed by atoms with Gasteiger partial charge in [-0.25, -0.2) is 0 Å². The van der Waals surface area contributed by atoms with Crippen molar-refractivity contribution in [3.8, 4) is 11.3 Å². The number of rotatable bonds is 2. The number of amides is 1. The molecule has 2 aromatic rings. The van der Waals surface area contributed by atoms with Gasteiger partial charge >= 0.3 is 0 Å². The summed E-state index contributed by atoms with van der Waals surface area (Å²) in [6, 6.07) is 11.2. The highest BCUT2D eigenvalue weighted by Crippen LogP contribution is 2.19. The van der Waals surface area contributed by atoms with Gasteiger partial charge in [0.25, 0.3) is 0 Å². The van der Waals surface area contributed by atoms with Gasteiger partial charge < -0.3 is 5.73 Å². The van der Waals surface area contributed by atoms with Gasteiger partial charge in [0.15, 0.2) is 0 Å². The lowest BCUT2D eigenvalue weighted by Gasteiger charge is -2.05. The number of primary amides is 1. The Kier molecular flexibility index (Phi) is 2.91. The van der Waals surface area contributed by atoms with Crippen molar-refractivity contribution < 1.29 is 4.79 Å². The largest absolute Gasteiger partial charge is 0.366 e. The third-order valence-electron chi connectivity index (χ3n) is 2.79. The molecule has 2 rings (SSSR count). The van der Waals surface area contributed by atoms with Gasteiger partial charge in [-0.2, -0.15) is 0 Å². The molecule has 3 nitrogen and oxygen atoms in total. The number of benzene rings is 1. The lowest BCUT2D eigenvalue weighted by atomic mass is 10.1. The molecule has 1 amide bonds. The number of hydrogen-bond donors (Lipinski definition) is 1. The van der Waals surface area contributed by atoms with Crippen molar-refractivity contribution in [1.29, 1.82) is 0 Å². The molecule has 0 spiro atoms. The van der Waals surface area contributed by atoms with Gasteiger partial charge in [0.05, 0.1) is 5.69 Å². The SMILES string of the molecule is Cc1ccc(-c2cccc(C(N)=O)c2)nc1C. The van der Waals surface area contributed by atoms with Crippen LogP contribution in [0.3, 0.4) is 0 Å². The first kappa shape index (κ1) is 11.3. The van der Waals surface area contributed by atoms with Crippen LogP contribution in [0, 0.1) is 13.8 Å². The first-order chi connectivity index (χ1) is 8.08. The maximum Gasteiger partial charge on any atom is 0.248 e. The number of carbonyl (C=O) groups excluding carboxylic acids is 1. The van der Waals surface area contributed by atoms with Crippen LogP contribution in [-0.4, -0.2) is 10.9 Å². The highest BCUT2D eigenvalue weighted by atomic mass is 16.1. The van der Waals surface area contributed by atoms with Crippen LogP contribution in [0.15, 0.2) is 36.4 Å². The van der Waals surface area contributed by atoms with E-state index < -0.39 is 5.91 Å². The molecule has 0 saturated carbocycles. The van der Waals surface area contributed by atoms with E-state index in [0.717, 1.165) is 22.5 Å². The summed E-state index contributed by atoms with van der Waals surface area (Å²) < 4.78 is 0. The second-order valence-electron chi connectivity index (χ2n) is 4.04. The fourth-order valence-electron chi connectivity index (χ4n) is 1.62. The van der Waals surface area contributed by atoms with Gasteiger partial charge in [0.1, 0.15) is 0 Å². The summed E-state index contributed by atoms with van der Waals surface area (Å²) in [6.45, 7) is 3.99. The summed E-state index contributed by atoms with van der Waals surface area (Å²) in [5.41, 5.74) is 9.67. The summed E-state index contributed by atoms with van der Waals surface area (Å²) >= 11 is 0. The molecule has 17 heavy (non-hydrogen) atoms. The molecule has 0 radical (unpaired) electrons. The number of aryl methyl sites for hydroxylation is 2. The fraction of sp³-hybridized carbons (Fsp3) is 0.143. The molecule has 86 valence electrons. The quantitative estimate of drug-likeness (QED) is 0.855. The maximum absolute atomic E-state index is 11.1. The van der Waals surface area contributed by atoms with Crippen molar-refractivity contribution in [2.45, 2.75) is 13.8 Å². The molecule has 0 aliphatic rings. The van der Waals surface area contributed by atoms with Crippen LogP contribution in [0.1, 0.15) is 21.6 Å². The maximum atomic E-state index is 11.1. The average molecular weight is 226 g/mol. The highest BCUT2D eigenvalue weighted by molar-refractivity contribution is 5.93. The summed E-state index contributed by atoms with van der Waals surface area (Å²) in [4.78, 5) is 15.6. The first-order valence-electron chi connectivity index (χ1n) is 5.42. The summed E-state index contributed by atoms with van der Waals surface area (Å²) in [5.74, 6) is -0.421. The van der Waals surface area contributed by atoms with E-state index in [-0.39, 0.29) is 0 Å². The molecule has 0 aliphatic heterocycles. The van der Waals surface area contributed by atoms with Crippen LogP contribution in [-0.2, 0) is 0 Å². The fourth-order valence-corrected chi connectivity index (χ4v) is 1.62. The van der Waals surface area contributed by atoms with E-state index in [2.05, 4.69) is 4.98 Å². The average Bonchev–Trinajstić information content (AvgIpc) is 2.33. The summed E-state index contributed by atoms with van der Waals surface area (Å²) in [6.07, 6.45) is 0. The minimum absolute atomic E-state index is 0.421. The highest BCUT2D eigenvalue weighted by Gasteiger charge is 2.05. The van der Waals surface area contributed by atoms with Gasteiger partial charge in [0, 0.05) is 16.8 Å². The van der Waals surface area contributed by atoms with E-state index in [1.54, 1.807) is 12.1 Å². The monoisotopic (exact) mass is 226 g/mol. The van der Waals surface area contributed by atoms with Gasteiger partial charge in [0.2, 0.25) is 5.91 Å². The predicted molar refractivity (Wildman–Crippen MR) is 67.7 cm³/mol. The molecule has 3 heteroatoms. The lowest BCUT2D eigenvalue weighted by molar-refractivity contribution is 0.100. The number of nitrogens with two attached hydrogens (primary N) is 1. The Bertz CT molecular complexity index is 576. The van der Waals surface area contributed by atoms with Crippen molar-refractivity contribution in [3.63, 3.8) is 0 Å². The number of aromatic nitrogens is 1. The minimum Gasteiger partial charge on any atom is -0.366 e. The molecule has 1 aromatic carbocycles. The van der Waals surface area contributed by atoms with E-state index in [4.69, 9.17) is 5.73 Å². The molecule has 1 heterocycles. The molecule has 2 N–H and O–H groups in total. The number of nitrogens with zero attached hydrogens (tertiary/aromatic N) is 1. The van der Waals surface area contributed by atoms with Crippen molar-refractivity contribution in [2.24, 2.45) is 5.73 Å². The van der Waals surface area contributed by atoms with Crippen LogP contribution >= 0.6 is 0 Å². The molecule has 1 aromatic heterocycles. The van der Waals surface area contributed by atoms with E-state index in [0.29, 0.717) is 5.56 Å². The van der Waals surface area contributed by atoms with Gasteiger partial charge in [-0.3, -0.25) is 9.78 Å². The number of hydrogen-bond acceptors (Lipinski definition) is 2. The zero-order chi connectivity index (χ0) is 12.4. The topological polar surface area (TPSA) is 56.0 Å². The molecule has 0 unspecified atom stereocenters. The smallest absolute Gasteiger partial charge is 0.248 e. The van der Waals surface area contributed by atoms with Crippen LogP contribution in [0.25, 0.3) is 11.3 Å². The second kappa shape index (κ2) is 4.37. The van der Waals surface area contributed by atoms with Crippen LogP contribution in [0.5, 0.6) is 0 Å². The zero-order valence-corrected chi connectivity index (χ0v) is 9.90. The Morgan fingerprint density at radius 3 is 2.59 bits per heavy atom. The number of pyridine rings is 1. The van der Waals surface area contributed by atoms with Crippen molar-refractivity contribution >= 4 is 5.91 Å². The Balaban J connectivity index is 2.49. The van der Waals surface area contributed by atoms with Crippen molar-refractivity contribution in [1.82, 2.24) is 4.98 Å². The third kappa shape index (κ3) is 2.33. The minimum atomic E-state index is -0.421. The van der Waals surface area contributed by atoms with Crippen LogP contribution in [0.2, 0.25) is 0 Å². The molecule has 0 fully saturated rings. The lowest BCUT2D eigenvalue weighted by Crippen LogP contribution is -2.10. The molecular weight excluding hydrogens is 212 g/mol. The zero-order valence-electron chi connectivity index (χ0n) is 9.90. The molecule has 0 aliphatic carbocycles. The molecule has 0 atom stereocenters. The Hall–Kier alpha value is -2.16. The van der Waals surface area contributed by atoms with Crippen LogP contribution in [0.4, 0.5) is 0 Å². The van der Waals surface area contributed by atoms with Crippen molar-refractivity contribution in [3.05, 3.63) is 53.2 Å². The second-order valence-corrected chi connectivity index (χ2v) is 4.04. The Morgan fingerprint density at radius 1 is 1.18 bits per heavy atom. The first-order valence-corrected chi connectivity index (χ1v) is 5.42. The standard InChI is InChI=1S/C14H14N2O/c1-9-6-7-13(16-10(9)2)11-4-3-5-12(8-11)14(15)17/h3-8H,1-2H3,(H2,15,17). The predicted octanol–water partition coefficient (Wildman–Crippen LogP) is 2.46. The van der Waals surface area contributed by atoms with E-state index >= 15 is 0 Å².